The van der Waals surface area contributed by atoms with Gasteiger partial charge in [-0.1, -0.05) is 62.3 Å². The highest BCUT2D eigenvalue weighted by atomic mass is 16.4. The summed E-state index contributed by atoms with van der Waals surface area (Å²) in [6.07, 6.45) is 2.12. The van der Waals surface area contributed by atoms with Gasteiger partial charge in [-0.3, -0.25) is 9.59 Å². The molecule has 0 radical (unpaired) electrons. The number of hydrogen-bond donors (Lipinski definition) is 2. The first-order chi connectivity index (χ1) is 16.8. The third-order valence-electron chi connectivity index (χ3n) is 3.60. The van der Waals surface area contributed by atoms with Crippen LogP contribution >= 0.6 is 0 Å². The van der Waals surface area contributed by atoms with Crippen LogP contribution < -0.4 is 5.32 Å². The number of phenolic OH excluding ortho intramolecular Hbond substituents is 1. The maximum atomic E-state index is 12.1. The average Bonchev–Trinajstić information content (AvgIpc) is 3.33. The highest BCUT2D eigenvalue weighted by Gasteiger charge is 2.11. The highest BCUT2D eigenvalue weighted by molar-refractivity contribution is 6.05. The Balaban J connectivity index is -0.000000672. The zero-order chi connectivity index (χ0) is 28.0. The lowest BCUT2D eigenvalue weighted by Gasteiger charge is -2.04. The lowest BCUT2D eigenvalue weighted by molar-refractivity contribution is -0.116. The molecule has 2 N–H and O–H groups in total. The molecule has 0 aliphatic rings. The van der Waals surface area contributed by atoms with E-state index in [0.717, 1.165) is 0 Å². The van der Waals surface area contributed by atoms with Crippen LogP contribution in [0.3, 0.4) is 0 Å². The minimum Gasteiger partial charge on any atom is -0.508 e. The number of pyridine rings is 1. The number of aromatic hydroxyl groups is 1. The van der Waals surface area contributed by atoms with Crippen LogP contribution in [0.2, 0.25) is 0 Å². The number of nitrogens with one attached hydrogen (secondary N) is 1. The van der Waals surface area contributed by atoms with Gasteiger partial charge in [0.15, 0.2) is 11.5 Å². The summed E-state index contributed by atoms with van der Waals surface area (Å²) < 4.78 is 5.29. The predicted molar refractivity (Wildman–Crippen MR) is 146 cm³/mol. The Morgan fingerprint density at radius 1 is 0.886 bits per heavy atom. The van der Waals surface area contributed by atoms with Gasteiger partial charge in [0.25, 0.3) is 5.91 Å². The maximum Gasteiger partial charge on any atom is 0.255 e. The summed E-state index contributed by atoms with van der Waals surface area (Å²) >= 11 is 0. The van der Waals surface area contributed by atoms with E-state index < -0.39 is 0 Å². The highest BCUT2D eigenvalue weighted by Crippen LogP contribution is 2.21. The molecule has 7 heteroatoms. The van der Waals surface area contributed by atoms with Crippen molar-refractivity contribution in [3.8, 4) is 5.75 Å². The van der Waals surface area contributed by atoms with Crippen LogP contribution in [-0.2, 0) is 4.79 Å². The van der Waals surface area contributed by atoms with Crippen molar-refractivity contribution in [2.75, 3.05) is 5.32 Å². The van der Waals surface area contributed by atoms with E-state index in [-0.39, 0.29) is 29.0 Å². The molecule has 0 fully saturated rings. The van der Waals surface area contributed by atoms with Crippen LogP contribution in [0.4, 0.5) is 5.69 Å². The van der Waals surface area contributed by atoms with E-state index in [1.54, 1.807) is 19.1 Å². The summed E-state index contributed by atoms with van der Waals surface area (Å²) in [5.74, 6) is 0.0634. The van der Waals surface area contributed by atoms with Gasteiger partial charge in [0.05, 0.1) is 11.9 Å². The van der Waals surface area contributed by atoms with Crippen LogP contribution in [-0.4, -0.2) is 27.6 Å². The van der Waals surface area contributed by atoms with Gasteiger partial charge >= 0.3 is 0 Å². The Bertz CT molecular complexity index is 977. The number of furan rings is 1. The standard InChI is InChI=1S/C16H12N2O4.C4H8O.4C2H6/c1-9(19)14-7-11-6-12(8-17-16(11)22-14)18-15(21)10-2-4-13(20)5-3-10;1-3-4(2)5;4*1-2/h2-8,20H,1H3,(H,18,21);3H2,1-2H3;4*1-2H3. The Morgan fingerprint density at radius 2 is 1.37 bits per heavy atom. The van der Waals surface area contributed by atoms with Gasteiger partial charge in [-0.25, -0.2) is 4.98 Å². The lowest BCUT2D eigenvalue weighted by atomic mass is 10.2. The zero-order valence-electron chi connectivity index (χ0n) is 23.3. The van der Waals surface area contributed by atoms with E-state index in [2.05, 4.69) is 10.3 Å². The van der Waals surface area contributed by atoms with Gasteiger partial charge in [0.2, 0.25) is 5.71 Å². The molecule has 1 amide bonds. The molecule has 35 heavy (non-hydrogen) atoms. The number of nitrogens with zero attached hydrogens (tertiary/aromatic N) is 1. The average molecular weight is 489 g/mol. The molecule has 0 saturated carbocycles. The fraction of sp³-hybridized carbons (Fsp3) is 0.429. The summed E-state index contributed by atoms with van der Waals surface area (Å²) in [5.41, 5.74) is 1.24. The molecule has 3 rings (SSSR count). The third-order valence-corrected chi connectivity index (χ3v) is 3.60. The number of phenols is 1. The van der Waals surface area contributed by atoms with Gasteiger partial charge in [0.1, 0.15) is 11.5 Å². The van der Waals surface area contributed by atoms with E-state index in [0.29, 0.717) is 28.8 Å². The summed E-state index contributed by atoms with van der Waals surface area (Å²) in [7, 11) is 0. The summed E-state index contributed by atoms with van der Waals surface area (Å²) in [6, 6.07) is 9.17. The van der Waals surface area contributed by atoms with Crippen molar-refractivity contribution in [1.29, 1.82) is 0 Å². The van der Waals surface area contributed by atoms with Crippen molar-refractivity contribution < 1.29 is 23.9 Å². The number of carbonyl (C=O) groups is 3. The number of Topliss-reactive ketones (excluding diaryl/α,β-unsaturated/α-hetero) is 2. The second-order valence-corrected chi connectivity index (χ2v) is 5.84. The number of ketones is 2. The van der Waals surface area contributed by atoms with Gasteiger partial charge in [-0.2, -0.15) is 0 Å². The number of hydrogen-bond acceptors (Lipinski definition) is 6. The molecule has 0 aliphatic heterocycles. The maximum absolute atomic E-state index is 12.1. The Morgan fingerprint density at radius 3 is 1.80 bits per heavy atom. The zero-order valence-corrected chi connectivity index (χ0v) is 23.3. The molecule has 0 bridgehead atoms. The van der Waals surface area contributed by atoms with Crippen LogP contribution in [0.15, 0.2) is 47.0 Å². The van der Waals surface area contributed by atoms with E-state index in [4.69, 9.17) is 4.42 Å². The quantitative estimate of drug-likeness (QED) is 0.359. The molecule has 2 aromatic heterocycles. The second kappa shape index (κ2) is 22.3. The monoisotopic (exact) mass is 488 g/mol. The Kier molecular flexibility index (Phi) is 23.0. The van der Waals surface area contributed by atoms with Crippen molar-refractivity contribution in [2.24, 2.45) is 0 Å². The van der Waals surface area contributed by atoms with Gasteiger partial charge in [0, 0.05) is 24.3 Å². The number of benzene rings is 1. The van der Waals surface area contributed by atoms with Crippen molar-refractivity contribution in [3.63, 3.8) is 0 Å². The molecule has 1 aromatic carbocycles. The molecule has 0 spiro atoms. The molecular weight excluding hydrogens is 444 g/mol. The fourth-order valence-electron chi connectivity index (χ4n) is 1.99. The molecule has 196 valence electrons. The minimum atomic E-state index is -0.323. The number of amides is 1. The molecule has 0 saturated heterocycles. The number of aromatic nitrogens is 1. The molecule has 7 nitrogen and oxygen atoms in total. The number of rotatable bonds is 4. The van der Waals surface area contributed by atoms with Gasteiger partial charge < -0.3 is 19.6 Å². The second-order valence-electron chi connectivity index (χ2n) is 5.84. The first kappa shape index (κ1) is 36.1. The molecule has 0 atom stereocenters. The predicted octanol–water partition coefficient (Wildman–Crippen LogP) is 8.08. The number of anilines is 1. The summed E-state index contributed by atoms with van der Waals surface area (Å²) in [5, 5.41) is 12.5. The topological polar surface area (TPSA) is 110 Å². The van der Waals surface area contributed by atoms with E-state index in [1.165, 1.54) is 37.4 Å². The lowest BCUT2D eigenvalue weighted by Crippen LogP contribution is -2.11. The Labute approximate surface area is 211 Å². The number of fused-ring (bicyclic) bond motifs is 1. The molecule has 3 aromatic rings. The van der Waals surface area contributed by atoms with Crippen LogP contribution in [0, 0.1) is 0 Å². The van der Waals surface area contributed by atoms with E-state index in [9.17, 15) is 19.5 Å². The third kappa shape index (κ3) is 14.4. The molecular formula is C28H44N2O5. The van der Waals surface area contributed by atoms with Crippen molar-refractivity contribution in [3.05, 3.63) is 53.9 Å². The minimum absolute atomic E-state index is 0.0924. The number of carbonyl (C=O) groups excluding carboxylic acids is 3. The smallest absolute Gasteiger partial charge is 0.255 e. The van der Waals surface area contributed by atoms with Crippen molar-refractivity contribution >= 4 is 34.3 Å². The summed E-state index contributed by atoms with van der Waals surface area (Å²) in [6.45, 7) is 20.8. The summed E-state index contributed by atoms with van der Waals surface area (Å²) in [4.78, 5) is 37.2. The Hall–Kier alpha value is -3.48. The SMILES string of the molecule is CC.CC.CC.CC.CC(=O)c1cc2cc(NC(=O)c3ccc(O)cc3)cnc2o1.CCC(C)=O. The van der Waals surface area contributed by atoms with Gasteiger partial charge in [-0.15, -0.1) is 0 Å². The van der Waals surface area contributed by atoms with Crippen molar-refractivity contribution in [1.82, 2.24) is 4.98 Å². The molecule has 2 heterocycles. The van der Waals surface area contributed by atoms with Crippen LogP contribution in [0.5, 0.6) is 5.75 Å². The van der Waals surface area contributed by atoms with E-state index in [1.807, 2.05) is 62.3 Å². The van der Waals surface area contributed by atoms with Crippen LogP contribution in [0.25, 0.3) is 11.1 Å². The fourth-order valence-corrected chi connectivity index (χ4v) is 1.99. The largest absolute Gasteiger partial charge is 0.508 e. The normalized spacial score (nSPS) is 8.43. The van der Waals surface area contributed by atoms with Gasteiger partial charge in [-0.05, 0) is 43.3 Å². The molecule has 0 aliphatic carbocycles. The first-order valence-corrected chi connectivity index (χ1v) is 12.3. The first-order valence-electron chi connectivity index (χ1n) is 12.3. The van der Waals surface area contributed by atoms with Crippen LogP contribution in [0.1, 0.15) is 103 Å². The van der Waals surface area contributed by atoms with Crippen molar-refractivity contribution in [2.45, 2.75) is 82.6 Å². The van der Waals surface area contributed by atoms with E-state index >= 15 is 0 Å². The molecule has 0 unspecified atom stereocenters.